The zero-order valence-electron chi connectivity index (χ0n) is 16.4. The van der Waals surface area contributed by atoms with Gasteiger partial charge in [-0.05, 0) is 6.07 Å². The summed E-state index contributed by atoms with van der Waals surface area (Å²) in [6.45, 7) is -0.608. The second kappa shape index (κ2) is 8.57. The summed E-state index contributed by atoms with van der Waals surface area (Å²) >= 11 is 0. The molecular formula is C19H17N3O9. The van der Waals surface area contributed by atoms with Gasteiger partial charge in [-0.1, -0.05) is 0 Å². The van der Waals surface area contributed by atoms with Crippen LogP contribution in [-0.4, -0.2) is 55.2 Å². The Bertz CT molecular complexity index is 1080. The van der Waals surface area contributed by atoms with Crippen molar-refractivity contribution in [2.45, 2.75) is 0 Å². The van der Waals surface area contributed by atoms with E-state index >= 15 is 0 Å². The van der Waals surface area contributed by atoms with Crippen LogP contribution in [0.25, 0.3) is 0 Å². The third-order valence-corrected chi connectivity index (χ3v) is 4.40. The van der Waals surface area contributed by atoms with Gasteiger partial charge in [0.2, 0.25) is 5.91 Å². The average molecular weight is 431 g/mol. The van der Waals surface area contributed by atoms with Gasteiger partial charge in [0.15, 0.2) is 17.2 Å². The smallest absolute Gasteiger partial charge is 0.337 e. The minimum absolute atomic E-state index is 0.0290. The van der Waals surface area contributed by atoms with Gasteiger partial charge in [-0.25, -0.2) is 9.59 Å². The van der Waals surface area contributed by atoms with Crippen molar-refractivity contribution in [2.75, 3.05) is 37.5 Å². The maximum atomic E-state index is 12.6. The lowest BCUT2D eigenvalue weighted by atomic mass is 10.1. The average Bonchev–Trinajstić information content (AvgIpc) is 2.72. The van der Waals surface area contributed by atoms with Crippen LogP contribution in [0.15, 0.2) is 30.3 Å². The quantitative estimate of drug-likeness (QED) is 0.286. The Balaban J connectivity index is 1.86. The van der Waals surface area contributed by atoms with E-state index in [1.807, 2.05) is 0 Å². The summed E-state index contributed by atoms with van der Waals surface area (Å²) in [5, 5.41) is 22.9. The summed E-state index contributed by atoms with van der Waals surface area (Å²) in [4.78, 5) is 47.7. The van der Waals surface area contributed by atoms with Crippen molar-refractivity contribution in [1.29, 1.82) is 0 Å². The topological polar surface area (TPSA) is 158 Å². The summed E-state index contributed by atoms with van der Waals surface area (Å²) < 4.78 is 15.2. The van der Waals surface area contributed by atoms with Crippen molar-refractivity contribution in [3.63, 3.8) is 0 Å². The van der Waals surface area contributed by atoms with Crippen molar-refractivity contribution in [3.05, 3.63) is 46.0 Å². The van der Waals surface area contributed by atoms with Gasteiger partial charge >= 0.3 is 11.9 Å². The van der Waals surface area contributed by atoms with Gasteiger partial charge in [-0.3, -0.25) is 14.9 Å². The maximum Gasteiger partial charge on any atom is 0.337 e. The molecule has 2 aromatic carbocycles. The zero-order chi connectivity index (χ0) is 22.7. The van der Waals surface area contributed by atoms with E-state index in [1.54, 1.807) is 0 Å². The number of hydrogen-bond donors (Lipinski definition) is 2. The molecule has 0 saturated heterocycles. The number of nitro benzene ring substituents is 1. The molecule has 162 valence electrons. The molecule has 0 spiro atoms. The molecule has 1 amide bonds. The van der Waals surface area contributed by atoms with Crippen LogP contribution in [0.1, 0.15) is 10.4 Å². The third-order valence-electron chi connectivity index (χ3n) is 4.40. The number of carbonyl (C=O) groups is 3. The number of nitrogens with one attached hydrogen (secondary N) is 1. The molecule has 2 aromatic rings. The first-order valence-corrected chi connectivity index (χ1v) is 8.76. The predicted molar refractivity (Wildman–Crippen MR) is 106 cm³/mol. The molecule has 0 radical (unpaired) electrons. The molecule has 12 heteroatoms. The van der Waals surface area contributed by atoms with E-state index in [2.05, 4.69) is 5.32 Å². The highest BCUT2D eigenvalue weighted by molar-refractivity contribution is 6.03. The van der Waals surface area contributed by atoms with E-state index < -0.39 is 22.8 Å². The summed E-state index contributed by atoms with van der Waals surface area (Å²) in [7, 11) is 2.71. The van der Waals surface area contributed by atoms with Gasteiger partial charge in [0.1, 0.15) is 6.54 Å². The summed E-state index contributed by atoms with van der Waals surface area (Å²) in [5.74, 6) is -2.29. The van der Waals surface area contributed by atoms with E-state index in [4.69, 9.17) is 14.2 Å². The number of nitro groups is 1. The number of carboxylic acids is 1. The van der Waals surface area contributed by atoms with Crippen molar-refractivity contribution in [2.24, 2.45) is 0 Å². The lowest BCUT2D eigenvalue weighted by Crippen LogP contribution is -2.41. The lowest BCUT2D eigenvalue weighted by Gasteiger charge is -2.29. The van der Waals surface area contributed by atoms with E-state index in [0.29, 0.717) is 5.69 Å². The molecule has 31 heavy (non-hydrogen) atoms. The number of benzene rings is 2. The van der Waals surface area contributed by atoms with E-state index in [0.717, 1.165) is 6.07 Å². The van der Waals surface area contributed by atoms with Crippen molar-refractivity contribution in [1.82, 2.24) is 0 Å². The Hall–Kier alpha value is -4.35. The minimum atomic E-state index is -1.30. The fourth-order valence-electron chi connectivity index (χ4n) is 3.02. The molecule has 2 N–H and O–H groups in total. The molecule has 12 nitrogen and oxygen atoms in total. The minimum Gasteiger partial charge on any atom is -0.493 e. The van der Waals surface area contributed by atoms with Crippen molar-refractivity contribution in [3.8, 4) is 17.2 Å². The van der Waals surface area contributed by atoms with Gasteiger partial charge in [-0.2, -0.15) is 0 Å². The van der Waals surface area contributed by atoms with E-state index in [9.17, 15) is 29.6 Å². The molecule has 1 aliphatic heterocycles. The van der Waals surface area contributed by atoms with E-state index in [1.165, 1.54) is 43.4 Å². The molecule has 0 aromatic heterocycles. The number of fused-ring (bicyclic) bond motifs is 1. The number of hydrogen-bond acceptors (Lipinski definition) is 9. The van der Waals surface area contributed by atoms with Crippen LogP contribution < -0.4 is 24.4 Å². The number of esters is 1. The van der Waals surface area contributed by atoms with Gasteiger partial charge in [0.25, 0.3) is 5.69 Å². The Kier molecular flexibility index (Phi) is 5.90. The number of amides is 1. The summed E-state index contributed by atoms with van der Waals surface area (Å²) in [6.07, 6.45) is 0. The summed E-state index contributed by atoms with van der Waals surface area (Å²) in [6, 6.07) is 6.20. The zero-order valence-corrected chi connectivity index (χ0v) is 16.4. The Morgan fingerprint density at radius 3 is 2.52 bits per heavy atom. The number of aromatic carboxylic acids is 1. The molecule has 0 saturated carbocycles. The van der Waals surface area contributed by atoms with Crippen molar-refractivity contribution >= 4 is 34.9 Å². The van der Waals surface area contributed by atoms with Crippen LogP contribution >= 0.6 is 0 Å². The molecule has 0 bridgehead atoms. The van der Waals surface area contributed by atoms with Crippen molar-refractivity contribution < 1.29 is 38.6 Å². The van der Waals surface area contributed by atoms with Gasteiger partial charge in [0.05, 0.1) is 48.7 Å². The first-order valence-electron chi connectivity index (χ1n) is 8.76. The highest BCUT2D eigenvalue weighted by atomic mass is 16.6. The Morgan fingerprint density at radius 2 is 1.90 bits per heavy atom. The number of rotatable bonds is 7. The van der Waals surface area contributed by atoms with E-state index in [-0.39, 0.29) is 47.3 Å². The van der Waals surface area contributed by atoms with Crippen LogP contribution in [0.2, 0.25) is 0 Å². The maximum absolute atomic E-state index is 12.6. The number of anilines is 2. The van der Waals surface area contributed by atoms with Crippen LogP contribution in [0.4, 0.5) is 17.1 Å². The molecule has 0 atom stereocenters. The molecule has 1 heterocycles. The van der Waals surface area contributed by atoms with Gasteiger partial charge in [0, 0.05) is 18.2 Å². The monoisotopic (exact) mass is 431 g/mol. The van der Waals surface area contributed by atoms with Crippen LogP contribution in [0.3, 0.4) is 0 Å². The SMILES string of the molecule is COc1cc(NC(=O)CN2CC(=O)Oc3cc([N+](=O)[O-])ccc32)c(C(=O)O)cc1OC. The lowest BCUT2D eigenvalue weighted by molar-refractivity contribution is -0.384. The second-order valence-corrected chi connectivity index (χ2v) is 6.35. The molecule has 1 aliphatic rings. The molecule has 0 unspecified atom stereocenters. The van der Waals surface area contributed by atoms with Crippen LogP contribution in [0, 0.1) is 10.1 Å². The number of non-ortho nitro benzene ring substituents is 1. The number of methoxy groups -OCH3 is 2. The highest BCUT2D eigenvalue weighted by Gasteiger charge is 2.28. The molecular weight excluding hydrogens is 414 g/mol. The Labute approximate surface area is 175 Å². The standard InChI is InChI=1S/C19H17N3O9/c1-29-15-6-11(19(25)26)12(7-16(15)30-2)20-17(23)8-21-9-18(24)31-14-5-10(22(27)28)3-4-13(14)21/h3-7H,8-9H2,1-2H3,(H,20,23)(H,25,26). The first kappa shape index (κ1) is 21.4. The normalized spacial score (nSPS) is 12.5. The molecule has 0 fully saturated rings. The molecule has 0 aliphatic carbocycles. The fourth-order valence-corrected chi connectivity index (χ4v) is 3.02. The number of nitrogens with zero attached hydrogens (tertiary/aromatic N) is 2. The van der Waals surface area contributed by atoms with Gasteiger partial charge < -0.3 is 29.5 Å². The Morgan fingerprint density at radius 1 is 1.23 bits per heavy atom. The number of ether oxygens (including phenoxy) is 3. The predicted octanol–water partition coefficient (Wildman–Crippen LogP) is 1.67. The fraction of sp³-hybridized carbons (Fsp3) is 0.211. The highest BCUT2D eigenvalue weighted by Crippen LogP contribution is 2.36. The number of carboxylic acid groups (broad SMARTS) is 1. The largest absolute Gasteiger partial charge is 0.493 e. The second-order valence-electron chi connectivity index (χ2n) is 6.35. The third kappa shape index (κ3) is 4.47. The summed E-state index contributed by atoms with van der Waals surface area (Å²) in [5.41, 5.74) is -0.209. The molecule has 3 rings (SSSR count). The van der Waals surface area contributed by atoms with Crippen LogP contribution in [-0.2, 0) is 9.59 Å². The van der Waals surface area contributed by atoms with Gasteiger partial charge in [-0.15, -0.1) is 0 Å². The van der Waals surface area contributed by atoms with Crippen LogP contribution in [0.5, 0.6) is 17.2 Å². The first-order chi connectivity index (χ1) is 14.7. The number of carbonyl (C=O) groups excluding carboxylic acids is 2.